The first-order chi connectivity index (χ1) is 10.2. The van der Waals surface area contributed by atoms with Crippen molar-refractivity contribution in [3.8, 4) is 0 Å². The first-order valence-electron chi connectivity index (χ1n) is 8.25. The minimum absolute atomic E-state index is 0. The van der Waals surface area contributed by atoms with Crippen molar-refractivity contribution in [3.63, 3.8) is 0 Å². The van der Waals surface area contributed by atoms with Gasteiger partial charge in [0.05, 0.1) is 0 Å². The third-order valence-corrected chi connectivity index (χ3v) is 6.56. The lowest BCUT2D eigenvalue weighted by atomic mass is 9.84. The molecule has 2 N–H and O–H groups in total. The number of hydrogen-bond donors (Lipinski definition) is 2. The van der Waals surface area contributed by atoms with Crippen LogP contribution in [0, 0.1) is 11.8 Å². The number of thioether (sulfide) groups is 1. The maximum Gasteiger partial charge on any atom is 0.220 e. The number of nitrogens with one attached hydrogen (secondary N) is 2. The summed E-state index contributed by atoms with van der Waals surface area (Å²) in [5, 5.41) is 6.57. The van der Waals surface area contributed by atoms with Gasteiger partial charge >= 0.3 is 0 Å². The van der Waals surface area contributed by atoms with Gasteiger partial charge in [0.25, 0.3) is 0 Å². The highest BCUT2D eigenvalue weighted by molar-refractivity contribution is 8.00. The molecule has 0 radical (unpaired) electrons. The fourth-order valence-electron chi connectivity index (χ4n) is 3.40. The minimum atomic E-state index is 0. The van der Waals surface area contributed by atoms with E-state index < -0.39 is 0 Å². The molecule has 2 aliphatic heterocycles. The summed E-state index contributed by atoms with van der Waals surface area (Å²) in [4.78, 5) is 12.2. The van der Waals surface area contributed by atoms with E-state index in [4.69, 9.17) is 4.74 Å². The van der Waals surface area contributed by atoms with Crippen molar-refractivity contribution in [1.29, 1.82) is 0 Å². The standard InChI is InChI=1S/C16H30N2O2S.ClH/c1-13(14-3-7-17-8-4-14)11-15(19)18-12-16(21-2)5-9-20-10-6-16;/h13-14,17H,3-12H2,1-2H3,(H,18,19);1H. The molecule has 22 heavy (non-hydrogen) atoms. The maximum absolute atomic E-state index is 12.2. The van der Waals surface area contributed by atoms with E-state index in [0.717, 1.165) is 45.7 Å². The summed E-state index contributed by atoms with van der Waals surface area (Å²) in [6.07, 6.45) is 7.32. The number of halogens is 1. The van der Waals surface area contributed by atoms with E-state index in [-0.39, 0.29) is 23.1 Å². The average Bonchev–Trinajstić information content (AvgIpc) is 2.54. The fraction of sp³-hybridized carbons (Fsp3) is 0.938. The normalized spacial score (nSPS) is 23.4. The minimum Gasteiger partial charge on any atom is -0.381 e. The molecule has 4 nitrogen and oxygen atoms in total. The second kappa shape index (κ2) is 10.0. The molecule has 1 atom stereocenters. The van der Waals surface area contributed by atoms with Crippen molar-refractivity contribution in [3.05, 3.63) is 0 Å². The summed E-state index contributed by atoms with van der Waals surface area (Å²) in [7, 11) is 0. The summed E-state index contributed by atoms with van der Waals surface area (Å²) >= 11 is 1.88. The Bertz CT molecular complexity index is 332. The van der Waals surface area contributed by atoms with Gasteiger partial charge in [-0.1, -0.05) is 6.92 Å². The topological polar surface area (TPSA) is 50.4 Å². The molecule has 130 valence electrons. The SMILES string of the molecule is CSC1(CNC(=O)CC(C)C2CCNCC2)CCOCC1.Cl. The van der Waals surface area contributed by atoms with Gasteiger partial charge in [-0.3, -0.25) is 4.79 Å². The molecule has 0 aliphatic carbocycles. The van der Waals surface area contributed by atoms with E-state index in [9.17, 15) is 4.79 Å². The number of carbonyl (C=O) groups is 1. The molecule has 2 heterocycles. The van der Waals surface area contributed by atoms with Crippen molar-refractivity contribution < 1.29 is 9.53 Å². The van der Waals surface area contributed by atoms with Crippen LogP contribution in [0.25, 0.3) is 0 Å². The molecule has 0 aromatic rings. The van der Waals surface area contributed by atoms with Crippen LogP contribution >= 0.6 is 24.2 Å². The number of ether oxygens (including phenoxy) is 1. The Morgan fingerprint density at radius 1 is 1.36 bits per heavy atom. The molecule has 0 saturated carbocycles. The monoisotopic (exact) mass is 350 g/mol. The predicted octanol–water partition coefficient (Wildman–Crippen LogP) is 2.46. The molecular weight excluding hydrogens is 320 g/mol. The van der Waals surface area contributed by atoms with Crippen molar-refractivity contribution in [2.75, 3.05) is 39.1 Å². The van der Waals surface area contributed by atoms with Crippen LogP contribution in [0.15, 0.2) is 0 Å². The summed E-state index contributed by atoms with van der Waals surface area (Å²) in [5.41, 5.74) is 0. The van der Waals surface area contributed by atoms with Crippen LogP contribution in [-0.4, -0.2) is 49.8 Å². The van der Waals surface area contributed by atoms with E-state index >= 15 is 0 Å². The zero-order valence-corrected chi connectivity index (χ0v) is 15.5. The van der Waals surface area contributed by atoms with Gasteiger partial charge in [0.15, 0.2) is 0 Å². The van der Waals surface area contributed by atoms with Crippen LogP contribution < -0.4 is 10.6 Å². The Kier molecular flexibility index (Phi) is 9.14. The molecule has 2 aliphatic rings. The predicted molar refractivity (Wildman–Crippen MR) is 95.9 cm³/mol. The summed E-state index contributed by atoms with van der Waals surface area (Å²) in [5.74, 6) is 1.42. The molecule has 0 aromatic heterocycles. The molecule has 0 bridgehead atoms. The quantitative estimate of drug-likeness (QED) is 0.772. The van der Waals surface area contributed by atoms with Crippen LogP contribution in [0.3, 0.4) is 0 Å². The van der Waals surface area contributed by atoms with Crippen LogP contribution in [0.5, 0.6) is 0 Å². The van der Waals surface area contributed by atoms with E-state index in [0.29, 0.717) is 18.3 Å². The van der Waals surface area contributed by atoms with Crippen LogP contribution in [-0.2, 0) is 9.53 Å². The smallest absolute Gasteiger partial charge is 0.220 e. The van der Waals surface area contributed by atoms with E-state index in [1.165, 1.54) is 12.8 Å². The van der Waals surface area contributed by atoms with Crippen molar-refractivity contribution in [2.24, 2.45) is 11.8 Å². The maximum atomic E-state index is 12.2. The zero-order chi connectivity index (χ0) is 15.1. The van der Waals surface area contributed by atoms with Gasteiger partial charge in [-0.05, 0) is 56.9 Å². The van der Waals surface area contributed by atoms with Gasteiger partial charge in [-0.15, -0.1) is 12.4 Å². The largest absolute Gasteiger partial charge is 0.381 e. The highest BCUT2D eigenvalue weighted by atomic mass is 35.5. The van der Waals surface area contributed by atoms with Crippen molar-refractivity contribution in [2.45, 2.75) is 43.8 Å². The highest BCUT2D eigenvalue weighted by Crippen LogP contribution is 2.33. The Morgan fingerprint density at radius 2 is 2.00 bits per heavy atom. The number of amides is 1. The molecule has 1 unspecified atom stereocenters. The van der Waals surface area contributed by atoms with Gasteiger partial charge < -0.3 is 15.4 Å². The Hall–Kier alpha value is 0.0300. The Morgan fingerprint density at radius 3 is 2.59 bits per heavy atom. The number of rotatable bonds is 6. The van der Waals surface area contributed by atoms with Crippen LogP contribution in [0.2, 0.25) is 0 Å². The first kappa shape index (κ1) is 20.1. The van der Waals surface area contributed by atoms with Gasteiger partial charge in [0.1, 0.15) is 0 Å². The third kappa shape index (κ3) is 5.91. The second-order valence-electron chi connectivity index (χ2n) is 6.55. The lowest BCUT2D eigenvalue weighted by Crippen LogP contribution is -2.44. The molecule has 2 fully saturated rings. The summed E-state index contributed by atoms with van der Waals surface area (Å²) < 4.78 is 5.63. The molecular formula is C16H31ClN2O2S. The lowest BCUT2D eigenvalue weighted by Gasteiger charge is -2.36. The van der Waals surface area contributed by atoms with Gasteiger partial charge in [-0.25, -0.2) is 0 Å². The average molecular weight is 351 g/mol. The zero-order valence-electron chi connectivity index (χ0n) is 13.9. The summed E-state index contributed by atoms with van der Waals surface area (Å²) in [6, 6.07) is 0. The lowest BCUT2D eigenvalue weighted by molar-refractivity contribution is -0.122. The van der Waals surface area contributed by atoms with Gasteiger partial charge in [0.2, 0.25) is 5.91 Å². The highest BCUT2D eigenvalue weighted by Gasteiger charge is 2.32. The van der Waals surface area contributed by atoms with E-state index in [1.807, 2.05) is 11.8 Å². The van der Waals surface area contributed by atoms with E-state index in [1.54, 1.807) is 0 Å². The van der Waals surface area contributed by atoms with Gasteiger partial charge in [-0.2, -0.15) is 11.8 Å². The second-order valence-corrected chi connectivity index (χ2v) is 7.82. The molecule has 2 saturated heterocycles. The molecule has 0 aromatic carbocycles. The van der Waals surface area contributed by atoms with Crippen molar-refractivity contribution >= 4 is 30.1 Å². The Labute approximate surface area is 145 Å². The molecule has 2 rings (SSSR count). The molecule has 0 spiro atoms. The first-order valence-corrected chi connectivity index (χ1v) is 9.48. The molecule has 1 amide bonds. The number of carbonyl (C=O) groups excluding carboxylic acids is 1. The van der Waals surface area contributed by atoms with Crippen molar-refractivity contribution in [1.82, 2.24) is 10.6 Å². The number of hydrogen-bond acceptors (Lipinski definition) is 4. The molecule has 6 heteroatoms. The number of piperidine rings is 1. The Balaban J connectivity index is 0.00000242. The fourth-order valence-corrected chi connectivity index (χ4v) is 4.19. The van der Waals surface area contributed by atoms with E-state index in [2.05, 4.69) is 23.8 Å². The van der Waals surface area contributed by atoms with Crippen LogP contribution in [0.4, 0.5) is 0 Å². The third-order valence-electron chi connectivity index (χ3n) is 5.14. The summed E-state index contributed by atoms with van der Waals surface area (Å²) in [6.45, 7) is 6.87. The van der Waals surface area contributed by atoms with Crippen LogP contribution in [0.1, 0.15) is 39.0 Å². The van der Waals surface area contributed by atoms with Gasteiger partial charge in [0, 0.05) is 30.9 Å².